The number of H-pyrrole nitrogens is 1. The lowest BCUT2D eigenvalue weighted by atomic mass is 10.1. The van der Waals surface area contributed by atoms with E-state index in [0.717, 1.165) is 10.8 Å². The van der Waals surface area contributed by atoms with Crippen molar-refractivity contribution in [3.05, 3.63) is 52.8 Å². The molecule has 28 heavy (non-hydrogen) atoms. The normalized spacial score (nSPS) is 17.0. The summed E-state index contributed by atoms with van der Waals surface area (Å²) in [6.45, 7) is 0.618. The molecule has 0 fully saturated rings. The van der Waals surface area contributed by atoms with E-state index in [4.69, 9.17) is 21.4 Å². The van der Waals surface area contributed by atoms with E-state index >= 15 is 0 Å². The zero-order valence-corrected chi connectivity index (χ0v) is 16.2. The maximum Gasteiger partial charge on any atom is 0.198 e. The third kappa shape index (κ3) is 3.85. The molecule has 1 atom stereocenters. The average molecular weight is 424 g/mol. The lowest BCUT2D eigenvalue weighted by Gasteiger charge is -2.19. The average Bonchev–Trinajstić information content (AvgIpc) is 3.07. The second kappa shape index (κ2) is 8.06. The summed E-state index contributed by atoms with van der Waals surface area (Å²) in [6, 6.07) is 3.99. The maximum absolute atomic E-state index is 14.6. The summed E-state index contributed by atoms with van der Waals surface area (Å²) in [7, 11) is 0. The molecule has 2 aromatic heterocycles. The molecule has 1 aromatic carbocycles. The molecule has 3 heterocycles. The highest BCUT2D eigenvalue weighted by atomic mass is 35.5. The first-order valence-corrected chi connectivity index (χ1v) is 9.96. The fourth-order valence-corrected chi connectivity index (χ4v) is 4.24. The standard InChI is InChI=1S/C19H16ClF2N3O2S/c20-12-7-25-19-17(12)15(1-2-23-19)27-18-13(21)3-10(4-14(18)22)5-16-24-6-11(8-26)9-28-16/h1-4,7,11,26H,5-6,8-9H2,(H,23,25). The van der Waals surface area contributed by atoms with Gasteiger partial charge in [0, 0.05) is 43.6 Å². The lowest BCUT2D eigenvalue weighted by molar-refractivity contribution is 0.244. The van der Waals surface area contributed by atoms with Crippen LogP contribution in [0.1, 0.15) is 5.56 Å². The highest BCUT2D eigenvalue weighted by molar-refractivity contribution is 8.14. The Balaban J connectivity index is 1.58. The number of aliphatic hydroxyl groups is 1. The van der Waals surface area contributed by atoms with Gasteiger partial charge in [-0.05, 0) is 23.8 Å². The minimum Gasteiger partial charge on any atom is -0.450 e. The van der Waals surface area contributed by atoms with Crippen molar-refractivity contribution in [1.82, 2.24) is 9.97 Å². The van der Waals surface area contributed by atoms with Crippen LogP contribution < -0.4 is 4.74 Å². The number of rotatable bonds is 5. The molecule has 1 aliphatic rings. The van der Waals surface area contributed by atoms with E-state index in [2.05, 4.69) is 15.0 Å². The van der Waals surface area contributed by atoms with Gasteiger partial charge in [0.25, 0.3) is 0 Å². The lowest BCUT2D eigenvalue weighted by Crippen LogP contribution is -2.20. The minimum absolute atomic E-state index is 0.0898. The van der Waals surface area contributed by atoms with Crippen LogP contribution in [0.25, 0.3) is 11.0 Å². The molecule has 3 aromatic rings. The topological polar surface area (TPSA) is 70.5 Å². The number of aromatic nitrogens is 2. The zero-order valence-electron chi connectivity index (χ0n) is 14.6. The van der Waals surface area contributed by atoms with Crippen molar-refractivity contribution in [2.24, 2.45) is 10.9 Å². The quantitative estimate of drug-likeness (QED) is 0.630. The third-order valence-corrected chi connectivity index (χ3v) is 5.93. The summed E-state index contributed by atoms with van der Waals surface area (Å²) in [5.74, 6) is -1.01. The van der Waals surface area contributed by atoms with E-state index in [0.29, 0.717) is 34.6 Å². The Morgan fingerprint density at radius 3 is 2.79 bits per heavy atom. The van der Waals surface area contributed by atoms with E-state index < -0.39 is 17.4 Å². The smallest absolute Gasteiger partial charge is 0.198 e. The van der Waals surface area contributed by atoms with Crippen molar-refractivity contribution in [3.63, 3.8) is 0 Å². The number of aliphatic hydroxyl groups excluding tert-OH is 1. The van der Waals surface area contributed by atoms with Gasteiger partial charge in [0.15, 0.2) is 17.4 Å². The molecule has 0 amide bonds. The van der Waals surface area contributed by atoms with Crippen molar-refractivity contribution < 1.29 is 18.6 Å². The third-order valence-electron chi connectivity index (χ3n) is 4.38. The van der Waals surface area contributed by atoms with Gasteiger partial charge in [-0.2, -0.15) is 0 Å². The van der Waals surface area contributed by atoms with Crippen LogP contribution in [0.2, 0.25) is 5.02 Å². The van der Waals surface area contributed by atoms with Crippen LogP contribution in [-0.2, 0) is 6.42 Å². The van der Waals surface area contributed by atoms with Crippen molar-refractivity contribution in [1.29, 1.82) is 0 Å². The van der Waals surface area contributed by atoms with E-state index in [1.807, 2.05) is 0 Å². The van der Waals surface area contributed by atoms with Crippen molar-refractivity contribution in [3.8, 4) is 11.5 Å². The number of hydrogen-bond acceptors (Lipinski definition) is 5. The Hall–Kier alpha value is -2.16. The Morgan fingerprint density at radius 1 is 1.32 bits per heavy atom. The number of aliphatic imine (C=N–C) groups is 1. The summed E-state index contributed by atoms with van der Waals surface area (Å²) in [4.78, 5) is 11.3. The summed E-state index contributed by atoms with van der Waals surface area (Å²) in [6.07, 6.45) is 3.33. The van der Waals surface area contributed by atoms with Crippen LogP contribution >= 0.6 is 23.4 Å². The fraction of sp³-hybridized carbons (Fsp3) is 0.263. The van der Waals surface area contributed by atoms with E-state index in [9.17, 15) is 8.78 Å². The van der Waals surface area contributed by atoms with Gasteiger partial charge in [-0.15, -0.1) is 11.8 Å². The van der Waals surface area contributed by atoms with Gasteiger partial charge in [-0.3, -0.25) is 4.99 Å². The van der Waals surface area contributed by atoms with Gasteiger partial charge >= 0.3 is 0 Å². The van der Waals surface area contributed by atoms with Crippen LogP contribution in [0.15, 0.2) is 35.6 Å². The number of nitrogens with one attached hydrogen (secondary N) is 1. The second-order valence-electron chi connectivity index (χ2n) is 6.43. The largest absolute Gasteiger partial charge is 0.450 e. The number of thioether (sulfide) groups is 1. The zero-order chi connectivity index (χ0) is 19.7. The Morgan fingerprint density at radius 2 is 2.11 bits per heavy atom. The molecule has 4 rings (SSSR count). The molecule has 0 saturated heterocycles. The SMILES string of the molecule is OCC1CN=C(Cc2cc(F)c(Oc3ccnc4[nH]cc(Cl)c34)c(F)c2)SC1. The van der Waals surface area contributed by atoms with Gasteiger partial charge in [-0.1, -0.05) is 11.6 Å². The Bertz CT molecular complexity index is 1030. The number of nitrogens with zero attached hydrogens (tertiary/aromatic N) is 2. The summed E-state index contributed by atoms with van der Waals surface area (Å²) in [5, 5.41) is 10.8. The maximum atomic E-state index is 14.6. The van der Waals surface area contributed by atoms with Crippen LogP contribution in [-0.4, -0.2) is 39.0 Å². The Labute approximate surface area is 168 Å². The van der Waals surface area contributed by atoms with Crippen LogP contribution in [0, 0.1) is 17.6 Å². The molecule has 5 nitrogen and oxygen atoms in total. The fourth-order valence-electron chi connectivity index (χ4n) is 2.93. The number of hydrogen-bond donors (Lipinski definition) is 2. The van der Waals surface area contributed by atoms with Gasteiger partial charge < -0.3 is 14.8 Å². The number of pyridine rings is 1. The Kier molecular flexibility index (Phi) is 5.52. The monoisotopic (exact) mass is 423 g/mol. The second-order valence-corrected chi connectivity index (χ2v) is 7.93. The molecule has 0 radical (unpaired) electrons. The number of fused-ring (bicyclic) bond motifs is 1. The van der Waals surface area contributed by atoms with Gasteiger partial charge in [0.2, 0.25) is 0 Å². The number of halogens is 3. The van der Waals surface area contributed by atoms with Crippen LogP contribution in [0.5, 0.6) is 11.5 Å². The molecule has 1 aliphatic heterocycles. The minimum atomic E-state index is -0.804. The predicted octanol–water partition coefficient (Wildman–Crippen LogP) is 4.58. The van der Waals surface area contributed by atoms with Crippen molar-refractivity contribution >= 4 is 39.4 Å². The molecule has 1 unspecified atom stereocenters. The van der Waals surface area contributed by atoms with Gasteiger partial charge in [0.1, 0.15) is 11.4 Å². The van der Waals surface area contributed by atoms with Gasteiger partial charge in [0.05, 0.1) is 15.5 Å². The first-order valence-electron chi connectivity index (χ1n) is 8.59. The first-order chi connectivity index (χ1) is 13.5. The van der Waals surface area contributed by atoms with E-state index in [-0.39, 0.29) is 18.3 Å². The molecule has 2 N–H and O–H groups in total. The van der Waals surface area contributed by atoms with Gasteiger partial charge in [-0.25, -0.2) is 13.8 Å². The first kappa shape index (κ1) is 19.2. The van der Waals surface area contributed by atoms with Crippen LogP contribution in [0.4, 0.5) is 8.78 Å². The predicted molar refractivity (Wildman–Crippen MR) is 107 cm³/mol. The van der Waals surface area contributed by atoms with E-state index in [1.165, 1.54) is 42.4 Å². The molecule has 0 aliphatic carbocycles. The van der Waals surface area contributed by atoms with Crippen LogP contribution in [0.3, 0.4) is 0 Å². The molecule has 146 valence electrons. The summed E-state index contributed by atoms with van der Waals surface area (Å²) >= 11 is 7.61. The summed E-state index contributed by atoms with van der Waals surface area (Å²) in [5.41, 5.74) is 0.934. The highest BCUT2D eigenvalue weighted by Gasteiger charge is 2.20. The molecule has 0 bridgehead atoms. The molecular formula is C19H16ClF2N3O2S. The van der Waals surface area contributed by atoms with E-state index in [1.54, 1.807) is 0 Å². The molecule has 0 spiro atoms. The van der Waals surface area contributed by atoms with Crippen molar-refractivity contribution in [2.45, 2.75) is 6.42 Å². The summed E-state index contributed by atoms with van der Waals surface area (Å²) < 4.78 is 34.7. The highest BCUT2D eigenvalue weighted by Crippen LogP contribution is 2.36. The molecule has 0 saturated carbocycles. The molecular weight excluding hydrogens is 408 g/mol. The number of aromatic amines is 1. The molecule has 9 heteroatoms. The number of benzene rings is 1. The number of ether oxygens (including phenoxy) is 1. The van der Waals surface area contributed by atoms with Crippen molar-refractivity contribution in [2.75, 3.05) is 18.9 Å².